The van der Waals surface area contributed by atoms with Gasteiger partial charge in [-0.2, -0.15) is 28.6 Å². The van der Waals surface area contributed by atoms with E-state index >= 15 is 0 Å². The van der Waals surface area contributed by atoms with Crippen molar-refractivity contribution in [2.45, 2.75) is 31.3 Å². The summed E-state index contributed by atoms with van der Waals surface area (Å²) in [6, 6.07) is 2.88. The highest BCUT2D eigenvalue weighted by atomic mass is 32.2. The van der Waals surface area contributed by atoms with Crippen molar-refractivity contribution in [3.63, 3.8) is 0 Å². The molecule has 3 rings (SSSR count). The van der Waals surface area contributed by atoms with E-state index in [-0.39, 0.29) is 6.61 Å². The quantitative estimate of drug-likeness (QED) is 0.915. The van der Waals surface area contributed by atoms with Crippen LogP contribution in [0.5, 0.6) is 0 Å². The highest BCUT2D eigenvalue weighted by Gasteiger charge is 2.28. The van der Waals surface area contributed by atoms with Gasteiger partial charge in [-0.1, -0.05) is 0 Å². The minimum Gasteiger partial charge on any atom is -0.394 e. The number of piperidine rings is 1. The predicted molar refractivity (Wildman–Crippen MR) is 91.3 cm³/mol. The van der Waals surface area contributed by atoms with Crippen LogP contribution >= 0.6 is 23.5 Å². The van der Waals surface area contributed by atoms with Gasteiger partial charge in [-0.05, 0) is 25.5 Å². The number of rotatable bonds is 4. The Morgan fingerprint density at radius 3 is 2.86 bits per heavy atom. The van der Waals surface area contributed by atoms with Crippen LogP contribution in [-0.4, -0.2) is 68.5 Å². The van der Waals surface area contributed by atoms with E-state index in [0.29, 0.717) is 12.5 Å². The zero-order valence-electron chi connectivity index (χ0n) is 12.5. The molecule has 1 N–H and O–H groups in total. The molecule has 0 bridgehead atoms. The number of likely N-dealkylation sites (tertiary alicyclic amines) is 1. The number of aliphatic hydroxyl groups excluding tert-OH is 1. The van der Waals surface area contributed by atoms with Crippen LogP contribution in [0.2, 0.25) is 0 Å². The van der Waals surface area contributed by atoms with Gasteiger partial charge < -0.3 is 5.11 Å². The lowest BCUT2D eigenvalue weighted by atomic mass is 9.94. The summed E-state index contributed by atoms with van der Waals surface area (Å²) in [6.45, 7) is 3.17. The maximum Gasteiger partial charge on any atom is 0.0668 e. The van der Waals surface area contributed by atoms with Crippen molar-refractivity contribution in [3.05, 3.63) is 18.0 Å². The summed E-state index contributed by atoms with van der Waals surface area (Å²) in [5, 5.41) is 13.6. The highest BCUT2D eigenvalue weighted by Crippen LogP contribution is 2.29. The van der Waals surface area contributed by atoms with E-state index in [1.165, 1.54) is 48.1 Å². The third-order valence-electron chi connectivity index (χ3n) is 4.37. The Hall–Kier alpha value is -0.170. The first kappa shape index (κ1) is 15.7. The lowest BCUT2D eigenvalue weighted by Gasteiger charge is -2.37. The standard InChI is InChI=1S/C15H25N3OS2/c19-7-6-18-5-3-15(16-18)13-2-1-4-17(10-13)14-11-20-8-9-21-12-14/h3,5,13-14,19H,1-2,4,6-12H2/t13-/m1/s1. The van der Waals surface area contributed by atoms with Crippen LogP contribution in [0.3, 0.4) is 0 Å². The minimum atomic E-state index is 0.161. The lowest BCUT2D eigenvalue weighted by Crippen LogP contribution is -2.44. The molecule has 1 aromatic rings. The van der Waals surface area contributed by atoms with Gasteiger partial charge in [-0.15, -0.1) is 0 Å². The third-order valence-corrected chi connectivity index (χ3v) is 6.86. The van der Waals surface area contributed by atoms with Gasteiger partial charge in [0.1, 0.15) is 0 Å². The molecule has 2 saturated heterocycles. The first-order chi connectivity index (χ1) is 10.4. The summed E-state index contributed by atoms with van der Waals surface area (Å²) in [4.78, 5) is 2.70. The summed E-state index contributed by atoms with van der Waals surface area (Å²) >= 11 is 4.23. The molecule has 1 aromatic heterocycles. The minimum absolute atomic E-state index is 0.161. The summed E-state index contributed by atoms with van der Waals surface area (Å²) in [5.74, 6) is 5.77. The SMILES string of the molecule is OCCn1ccc([C@@H]2CCCN(C3CSCCSC3)C2)n1. The molecule has 2 aliphatic rings. The zero-order valence-corrected chi connectivity index (χ0v) is 14.1. The van der Waals surface area contributed by atoms with Gasteiger partial charge in [0.2, 0.25) is 0 Å². The van der Waals surface area contributed by atoms with Crippen molar-refractivity contribution < 1.29 is 5.11 Å². The molecule has 0 aliphatic carbocycles. The topological polar surface area (TPSA) is 41.3 Å². The molecule has 0 amide bonds. The predicted octanol–water partition coefficient (Wildman–Crippen LogP) is 1.90. The Labute approximate surface area is 135 Å². The molecule has 3 heterocycles. The van der Waals surface area contributed by atoms with Crippen molar-refractivity contribution >= 4 is 23.5 Å². The average Bonchev–Trinajstić information content (AvgIpc) is 2.82. The second-order valence-corrected chi connectivity index (χ2v) is 8.16. The Morgan fingerprint density at radius 1 is 1.29 bits per heavy atom. The molecule has 0 saturated carbocycles. The van der Waals surface area contributed by atoms with Crippen molar-refractivity contribution in [1.82, 2.24) is 14.7 Å². The van der Waals surface area contributed by atoms with Gasteiger partial charge in [-0.3, -0.25) is 9.58 Å². The number of aliphatic hydroxyl groups is 1. The molecule has 4 nitrogen and oxygen atoms in total. The van der Waals surface area contributed by atoms with Gasteiger partial charge >= 0.3 is 0 Å². The molecule has 0 unspecified atom stereocenters. The molecule has 21 heavy (non-hydrogen) atoms. The average molecular weight is 328 g/mol. The Kier molecular flexibility index (Phi) is 5.91. The normalized spacial score (nSPS) is 25.9. The number of hydrogen-bond donors (Lipinski definition) is 1. The van der Waals surface area contributed by atoms with E-state index in [4.69, 9.17) is 5.11 Å². The summed E-state index contributed by atoms with van der Waals surface area (Å²) < 4.78 is 1.87. The Morgan fingerprint density at radius 2 is 2.10 bits per heavy atom. The summed E-state index contributed by atoms with van der Waals surface area (Å²) in [5.41, 5.74) is 1.21. The molecule has 1 atom stereocenters. The molecular weight excluding hydrogens is 302 g/mol. The van der Waals surface area contributed by atoms with Gasteiger partial charge in [-0.25, -0.2) is 0 Å². The maximum atomic E-state index is 9.00. The maximum absolute atomic E-state index is 9.00. The van der Waals surface area contributed by atoms with Crippen molar-refractivity contribution in [3.8, 4) is 0 Å². The number of thioether (sulfide) groups is 2. The molecule has 0 spiro atoms. The monoisotopic (exact) mass is 327 g/mol. The fraction of sp³-hybridized carbons (Fsp3) is 0.800. The largest absolute Gasteiger partial charge is 0.394 e. The Bertz CT molecular complexity index is 432. The van der Waals surface area contributed by atoms with E-state index in [1.807, 2.05) is 10.9 Å². The van der Waals surface area contributed by atoms with Gasteiger partial charge in [0, 0.05) is 47.7 Å². The molecule has 6 heteroatoms. The number of aromatic nitrogens is 2. The second kappa shape index (κ2) is 7.90. The van der Waals surface area contributed by atoms with E-state index in [1.54, 1.807) is 0 Å². The van der Waals surface area contributed by atoms with Crippen LogP contribution in [0.15, 0.2) is 12.3 Å². The highest BCUT2D eigenvalue weighted by molar-refractivity contribution is 8.03. The van der Waals surface area contributed by atoms with Gasteiger partial charge in [0.05, 0.1) is 18.8 Å². The van der Waals surface area contributed by atoms with Crippen LogP contribution < -0.4 is 0 Å². The van der Waals surface area contributed by atoms with Crippen LogP contribution in [0.25, 0.3) is 0 Å². The fourth-order valence-electron chi connectivity index (χ4n) is 3.22. The van der Waals surface area contributed by atoms with Crippen LogP contribution in [0.1, 0.15) is 24.5 Å². The molecule has 0 radical (unpaired) electrons. The van der Waals surface area contributed by atoms with Gasteiger partial charge in [0.15, 0.2) is 0 Å². The number of nitrogens with zero attached hydrogens (tertiary/aromatic N) is 3. The first-order valence-electron chi connectivity index (χ1n) is 7.90. The van der Waals surface area contributed by atoms with E-state index in [0.717, 1.165) is 12.6 Å². The molecule has 2 fully saturated rings. The van der Waals surface area contributed by atoms with Crippen molar-refractivity contribution in [2.75, 3.05) is 42.7 Å². The fourth-order valence-corrected chi connectivity index (χ4v) is 5.84. The van der Waals surface area contributed by atoms with Crippen molar-refractivity contribution in [1.29, 1.82) is 0 Å². The van der Waals surface area contributed by atoms with Gasteiger partial charge in [0.25, 0.3) is 0 Å². The first-order valence-corrected chi connectivity index (χ1v) is 10.2. The Balaban J connectivity index is 1.61. The molecular formula is C15H25N3OS2. The van der Waals surface area contributed by atoms with E-state index in [2.05, 4.69) is 39.6 Å². The molecule has 2 aliphatic heterocycles. The summed E-state index contributed by atoms with van der Waals surface area (Å²) in [6.07, 6.45) is 4.53. The van der Waals surface area contributed by atoms with E-state index < -0.39 is 0 Å². The lowest BCUT2D eigenvalue weighted by molar-refractivity contribution is 0.171. The summed E-state index contributed by atoms with van der Waals surface area (Å²) in [7, 11) is 0. The molecule has 118 valence electrons. The third kappa shape index (κ3) is 4.18. The van der Waals surface area contributed by atoms with Crippen LogP contribution in [-0.2, 0) is 6.54 Å². The van der Waals surface area contributed by atoms with E-state index in [9.17, 15) is 0 Å². The van der Waals surface area contributed by atoms with Crippen LogP contribution in [0.4, 0.5) is 0 Å². The second-order valence-electron chi connectivity index (χ2n) is 5.87. The molecule has 0 aromatic carbocycles. The zero-order chi connectivity index (χ0) is 14.5. The van der Waals surface area contributed by atoms with Crippen molar-refractivity contribution in [2.24, 2.45) is 0 Å². The van der Waals surface area contributed by atoms with Crippen LogP contribution in [0, 0.1) is 0 Å². The smallest absolute Gasteiger partial charge is 0.0668 e. The number of hydrogen-bond acceptors (Lipinski definition) is 5.